The number of nitrogens with zero attached hydrogens (tertiary/aromatic N) is 6. The quantitative estimate of drug-likeness (QED) is 0.684. The summed E-state index contributed by atoms with van der Waals surface area (Å²) in [6.45, 7) is 7.08. The molecule has 0 radical (unpaired) electrons. The van der Waals surface area contributed by atoms with Crippen molar-refractivity contribution in [1.82, 2.24) is 29.4 Å². The predicted molar refractivity (Wildman–Crippen MR) is 91.8 cm³/mol. The average molecular weight is 357 g/mol. The van der Waals surface area contributed by atoms with Gasteiger partial charge in [-0.2, -0.15) is 10.1 Å². The van der Waals surface area contributed by atoms with E-state index in [9.17, 15) is 9.59 Å². The van der Waals surface area contributed by atoms with Gasteiger partial charge in [-0.05, 0) is 33.8 Å². The number of amides is 1. The van der Waals surface area contributed by atoms with Gasteiger partial charge in [-0.25, -0.2) is 19.0 Å². The molecule has 26 heavy (non-hydrogen) atoms. The van der Waals surface area contributed by atoms with Crippen LogP contribution in [0, 0.1) is 13.8 Å². The SMILES string of the molecule is Cc1cc(C)n2nc(C(=O)OCC(=O)Nc3ccnn3C(C)C)nc2n1. The Bertz CT molecular complexity index is 974. The van der Waals surface area contributed by atoms with Crippen LogP contribution >= 0.6 is 0 Å². The second-order valence-electron chi connectivity index (χ2n) is 6.07. The number of fused-ring (bicyclic) bond motifs is 1. The molecular weight excluding hydrogens is 338 g/mol. The van der Waals surface area contributed by atoms with Crippen LogP contribution in [0.1, 0.15) is 41.9 Å². The van der Waals surface area contributed by atoms with Crippen LogP contribution in [-0.2, 0) is 9.53 Å². The topological polar surface area (TPSA) is 116 Å². The van der Waals surface area contributed by atoms with E-state index >= 15 is 0 Å². The van der Waals surface area contributed by atoms with Gasteiger partial charge < -0.3 is 10.1 Å². The lowest BCUT2D eigenvalue weighted by atomic mass is 10.4. The molecule has 3 aromatic rings. The number of hydrogen-bond donors (Lipinski definition) is 1. The molecule has 0 bridgehead atoms. The molecule has 0 aliphatic heterocycles. The van der Waals surface area contributed by atoms with Gasteiger partial charge in [-0.3, -0.25) is 4.79 Å². The minimum Gasteiger partial charge on any atom is -0.450 e. The molecule has 0 saturated carbocycles. The van der Waals surface area contributed by atoms with E-state index in [-0.39, 0.29) is 11.9 Å². The normalized spacial score (nSPS) is 11.1. The van der Waals surface area contributed by atoms with E-state index < -0.39 is 18.5 Å². The van der Waals surface area contributed by atoms with Crippen molar-refractivity contribution in [3.63, 3.8) is 0 Å². The zero-order valence-electron chi connectivity index (χ0n) is 14.9. The summed E-state index contributed by atoms with van der Waals surface area (Å²) in [5.74, 6) is -0.581. The summed E-state index contributed by atoms with van der Waals surface area (Å²) in [4.78, 5) is 32.4. The number of esters is 1. The Morgan fingerprint density at radius 2 is 2.04 bits per heavy atom. The van der Waals surface area contributed by atoms with Crippen molar-refractivity contribution >= 4 is 23.5 Å². The minimum absolute atomic E-state index is 0.0872. The molecule has 0 aromatic carbocycles. The van der Waals surface area contributed by atoms with E-state index in [4.69, 9.17) is 4.74 Å². The van der Waals surface area contributed by atoms with E-state index in [1.54, 1.807) is 16.9 Å². The van der Waals surface area contributed by atoms with Gasteiger partial charge in [0.2, 0.25) is 0 Å². The smallest absolute Gasteiger partial charge is 0.378 e. The first-order chi connectivity index (χ1) is 12.3. The Morgan fingerprint density at radius 3 is 2.77 bits per heavy atom. The summed E-state index contributed by atoms with van der Waals surface area (Å²) in [7, 11) is 0. The number of aryl methyl sites for hydroxylation is 2. The van der Waals surface area contributed by atoms with Gasteiger partial charge in [0.05, 0.1) is 6.20 Å². The number of carbonyl (C=O) groups excluding carboxylic acids is 2. The maximum atomic E-state index is 12.1. The monoisotopic (exact) mass is 357 g/mol. The van der Waals surface area contributed by atoms with Gasteiger partial charge in [0.25, 0.3) is 17.5 Å². The van der Waals surface area contributed by atoms with Crippen LogP contribution in [0.15, 0.2) is 18.3 Å². The lowest BCUT2D eigenvalue weighted by Gasteiger charge is -2.11. The second-order valence-corrected chi connectivity index (χ2v) is 6.07. The lowest BCUT2D eigenvalue weighted by Crippen LogP contribution is -2.23. The van der Waals surface area contributed by atoms with Gasteiger partial charge in [0, 0.05) is 23.5 Å². The predicted octanol–water partition coefficient (Wildman–Crippen LogP) is 1.31. The molecule has 10 nitrogen and oxygen atoms in total. The molecule has 0 spiro atoms. The van der Waals surface area contributed by atoms with Gasteiger partial charge >= 0.3 is 5.97 Å². The molecule has 1 N–H and O–H groups in total. The van der Waals surface area contributed by atoms with Gasteiger partial charge in [-0.15, -0.1) is 5.10 Å². The summed E-state index contributed by atoms with van der Waals surface area (Å²) >= 11 is 0. The van der Waals surface area contributed by atoms with Crippen LogP contribution in [-0.4, -0.2) is 47.8 Å². The average Bonchev–Trinajstić information content (AvgIpc) is 3.19. The van der Waals surface area contributed by atoms with Crippen LogP contribution in [0.25, 0.3) is 5.78 Å². The van der Waals surface area contributed by atoms with E-state index in [0.717, 1.165) is 11.4 Å². The highest BCUT2D eigenvalue weighted by Gasteiger charge is 2.18. The van der Waals surface area contributed by atoms with Crippen molar-refractivity contribution in [2.75, 3.05) is 11.9 Å². The van der Waals surface area contributed by atoms with Crippen LogP contribution in [0.5, 0.6) is 0 Å². The summed E-state index contributed by atoms with van der Waals surface area (Å²) in [6.07, 6.45) is 1.58. The maximum Gasteiger partial charge on any atom is 0.378 e. The van der Waals surface area contributed by atoms with Crippen molar-refractivity contribution in [2.24, 2.45) is 0 Å². The van der Waals surface area contributed by atoms with Crippen molar-refractivity contribution in [2.45, 2.75) is 33.7 Å². The molecule has 0 saturated heterocycles. The zero-order valence-corrected chi connectivity index (χ0v) is 14.9. The Labute approximate surface area is 149 Å². The molecule has 1 amide bonds. The fraction of sp³-hybridized carbons (Fsp3) is 0.375. The van der Waals surface area contributed by atoms with E-state index in [2.05, 4.69) is 25.5 Å². The Hall–Kier alpha value is -3.30. The van der Waals surface area contributed by atoms with Gasteiger partial charge in [0.1, 0.15) is 5.82 Å². The summed E-state index contributed by atoms with van der Waals surface area (Å²) in [5.41, 5.74) is 1.56. The number of rotatable bonds is 5. The lowest BCUT2D eigenvalue weighted by molar-refractivity contribution is -0.119. The number of nitrogens with one attached hydrogen (secondary N) is 1. The van der Waals surface area contributed by atoms with E-state index in [0.29, 0.717) is 11.6 Å². The highest BCUT2D eigenvalue weighted by molar-refractivity contribution is 5.93. The molecule has 3 heterocycles. The van der Waals surface area contributed by atoms with E-state index in [1.165, 1.54) is 4.52 Å². The van der Waals surface area contributed by atoms with Crippen LogP contribution in [0.4, 0.5) is 5.82 Å². The molecule has 10 heteroatoms. The van der Waals surface area contributed by atoms with Crippen LogP contribution < -0.4 is 5.32 Å². The minimum atomic E-state index is -0.792. The summed E-state index contributed by atoms with van der Waals surface area (Å²) in [6, 6.07) is 3.58. The molecular formula is C16H19N7O3. The summed E-state index contributed by atoms with van der Waals surface area (Å²) < 4.78 is 8.09. The Morgan fingerprint density at radius 1 is 1.27 bits per heavy atom. The fourth-order valence-corrected chi connectivity index (χ4v) is 2.45. The summed E-state index contributed by atoms with van der Waals surface area (Å²) in [5, 5.41) is 10.8. The first-order valence-electron chi connectivity index (χ1n) is 8.06. The number of aromatic nitrogens is 6. The second kappa shape index (κ2) is 6.90. The highest BCUT2D eigenvalue weighted by atomic mass is 16.5. The highest BCUT2D eigenvalue weighted by Crippen LogP contribution is 2.13. The molecule has 0 atom stereocenters. The third-order valence-electron chi connectivity index (χ3n) is 3.56. The third-order valence-corrected chi connectivity index (χ3v) is 3.56. The number of anilines is 1. The standard InChI is InChI=1S/C16H19N7O3/c1-9(2)22-12(5-6-17-22)19-13(24)8-26-15(25)14-20-16-18-10(3)7-11(4)23(16)21-14/h5-7,9H,8H2,1-4H3,(H,19,24). The van der Waals surface area contributed by atoms with Crippen molar-refractivity contribution < 1.29 is 14.3 Å². The van der Waals surface area contributed by atoms with Gasteiger partial charge in [0.15, 0.2) is 6.61 Å². The fourth-order valence-electron chi connectivity index (χ4n) is 2.45. The van der Waals surface area contributed by atoms with Crippen molar-refractivity contribution in [1.29, 1.82) is 0 Å². The zero-order chi connectivity index (χ0) is 18.8. The first kappa shape index (κ1) is 17.5. The molecule has 3 rings (SSSR count). The van der Waals surface area contributed by atoms with Crippen molar-refractivity contribution in [3.05, 3.63) is 35.5 Å². The van der Waals surface area contributed by atoms with E-state index in [1.807, 2.05) is 33.8 Å². The molecule has 3 aromatic heterocycles. The Kier molecular flexibility index (Phi) is 4.65. The largest absolute Gasteiger partial charge is 0.450 e. The molecule has 0 aliphatic rings. The number of hydrogen-bond acceptors (Lipinski definition) is 7. The molecule has 0 aliphatic carbocycles. The van der Waals surface area contributed by atoms with Gasteiger partial charge in [-0.1, -0.05) is 0 Å². The molecule has 136 valence electrons. The number of ether oxygens (including phenoxy) is 1. The molecule has 0 fully saturated rings. The van der Waals surface area contributed by atoms with Crippen LogP contribution in [0.2, 0.25) is 0 Å². The maximum absolute atomic E-state index is 12.1. The third kappa shape index (κ3) is 3.53. The van der Waals surface area contributed by atoms with Crippen LogP contribution in [0.3, 0.4) is 0 Å². The Balaban J connectivity index is 1.64. The van der Waals surface area contributed by atoms with Crippen molar-refractivity contribution in [3.8, 4) is 0 Å². The molecule has 0 unspecified atom stereocenters. The number of carbonyl (C=O) groups is 2. The first-order valence-corrected chi connectivity index (χ1v) is 8.06.